The van der Waals surface area contributed by atoms with Crippen LogP contribution in [0.15, 0.2) is 54.6 Å². The van der Waals surface area contributed by atoms with E-state index in [-0.39, 0.29) is 24.4 Å². The molecule has 158 valence electrons. The monoisotopic (exact) mass is 408 g/mol. The van der Waals surface area contributed by atoms with E-state index in [1.54, 1.807) is 19.1 Å². The van der Waals surface area contributed by atoms with Crippen LogP contribution < -0.4 is 10.6 Å². The molecule has 0 bridgehead atoms. The number of ether oxygens (including phenoxy) is 1. The summed E-state index contributed by atoms with van der Waals surface area (Å²) in [4.78, 5) is 36.5. The fourth-order valence-corrected chi connectivity index (χ4v) is 3.56. The van der Waals surface area contributed by atoms with E-state index in [4.69, 9.17) is 4.74 Å². The van der Waals surface area contributed by atoms with Gasteiger partial charge in [0.25, 0.3) is 11.8 Å². The highest BCUT2D eigenvalue weighted by Crippen LogP contribution is 2.19. The maximum absolute atomic E-state index is 12.3. The third-order valence-corrected chi connectivity index (χ3v) is 5.28. The van der Waals surface area contributed by atoms with E-state index in [9.17, 15) is 14.4 Å². The van der Waals surface area contributed by atoms with Gasteiger partial charge < -0.3 is 15.4 Å². The van der Waals surface area contributed by atoms with Gasteiger partial charge in [0.15, 0.2) is 6.10 Å². The van der Waals surface area contributed by atoms with E-state index < -0.39 is 12.1 Å². The minimum Gasteiger partial charge on any atom is -0.451 e. The molecule has 1 atom stereocenters. The maximum Gasteiger partial charge on any atom is 0.326 e. The Morgan fingerprint density at radius 1 is 0.933 bits per heavy atom. The third kappa shape index (κ3) is 6.17. The standard InChI is InChI=1S/C24H28N2O4/c1-17(23(28)26-21-10-6-3-7-11-21)30-22(27)16-25-24(29)20-14-12-19(13-15-20)18-8-4-2-5-9-18/h2,4-5,8-9,12-15,17,21H,3,6-7,10-11,16H2,1H3,(H,25,29)(H,26,28)/t17-/m0/s1. The van der Waals surface area contributed by atoms with Gasteiger partial charge in [0.2, 0.25) is 0 Å². The number of rotatable bonds is 7. The second-order valence-electron chi connectivity index (χ2n) is 7.60. The number of esters is 1. The lowest BCUT2D eigenvalue weighted by atomic mass is 9.95. The lowest BCUT2D eigenvalue weighted by Gasteiger charge is -2.24. The molecule has 1 aliphatic carbocycles. The zero-order valence-corrected chi connectivity index (χ0v) is 17.2. The van der Waals surface area contributed by atoms with Crippen molar-refractivity contribution in [2.24, 2.45) is 0 Å². The predicted molar refractivity (Wildman–Crippen MR) is 115 cm³/mol. The van der Waals surface area contributed by atoms with Gasteiger partial charge in [-0.3, -0.25) is 14.4 Å². The summed E-state index contributed by atoms with van der Waals surface area (Å²) in [6.07, 6.45) is 4.46. The maximum atomic E-state index is 12.3. The Kier molecular flexibility index (Phi) is 7.60. The van der Waals surface area contributed by atoms with Crippen molar-refractivity contribution in [1.29, 1.82) is 0 Å². The van der Waals surface area contributed by atoms with Crippen LogP contribution in [0, 0.1) is 0 Å². The molecule has 3 rings (SSSR count). The molecule has 30 heavy (non-hydrogen) atoms. The summed E-state index contributed by atoms with van der Waals surface area (Å²) in [5, 5.41) is 5.47. The van der Waals surface area contributed by atoms with E-state index in [0.717, 1.165) is 36.8 Å². The summed E-state index contributed by atoms with van der Waals surface area (Å²) in [6.45, 7) is 1.25. The van der Waals surface area contributed by atoms with Crippen molar-refractivity contribution in [3.8, 4) is 11.1 Å². The second kappa shape index (κ2) is 10.6. The van der Waals surface area contributed by atoms with Gasteiger partial charge in [-0.25, -0.2) is 0 Å². The minimum atomic E-state index is -0.888. The quantitative estimate of drug-likeness (QED) is 0.687. The molecular formula is C24H28N2O4. The highest BCUT2D eigenvalue weighted by atomic mass is 16.5. The van der Waals surface area contributed by atoms with Crippen LogP contribution >= 0.6 is 0 Å². The first-order chi connectivity index (χ1) is 14.5. The fraction of sp³-hybridized carbons (Fsp3) is 0.375. The van der Waals surface area contributed by atoms with Gasteiger partial charge in [0, 0.05) is 11.6 Å². The molecule has 0 spiro atoms. The topological polar surface area (TPSA) is 84.5 Å². The van der Waals surface area contributed by atoms with Gasteiger partial charge >= 0.3 is 5.97 Å². The van der Waals surface area contributed by atoms with E-state index in [1.165, 1.54) is 6.42 Å². The zero-order chi connectivity index (χ0) is 21.3. The lowest BCUT2D eigenvalue weighted by Crippen LogP contribution is -2.43. The molecule has 0 heterocycles. The van der Waals surface area contributed by atoms with Crippen LogP contribution in [-0.4, -0.2) is 36.5 Å². The van der Waals surface area contributed by atoms with Crippen molar-refractivity contribution in [1.82, 2.24) is 10.6 Å². The molecule has 6 nitrogen and oxygen atoms in total. The van der Waals surface area contributed by atoms with E-state index >= 15 is 0 Å². The number of nitrogens with one attached hydrogen (secondary N) is 2. The molecular weight excluding hydrogens is 380 g/mol. The number of amides is 2. The number of benzene rings is 2. The molecule has 2 aromatic carbocycles. The first-order valence-corrected chi connectivity index (χ1v) is 10.5. The van der Waals surface area contributed by atoms with Gasteiger partial charge in [-0.15, -0.1) is 0 Å². The van der Waals surface area contributed by atoms with Crippen molar-refractivity contribution in [2.75, 3.05) is 6.54 Å². The van der Waals surface area contributed by atoms with Crippen molar-refractivity contribution < 1.29 is 19.1 Å². The molecule has 1 aliphatic rings. The average Bonchev–Trinajstić information content (AvgIpc) is 2.79. The van der Waals surface area contributed by atoms with Crippen molar-refractivity contribution in [3.63, 3.8) is 0 Å². The van der Waals surface area contributed by atoms with Gasteiger partial charge in [-0.1, -0.05) is 61.7 Å². The van der Waals surface area contributed by atoms with Crippen molar-refractivity contribution in [2.45, 2.75) is 51.2 Å². The van der Waals surface area contributed by atoms with Crippen molar-refractivity contribution >= 4 is 17.8 Å². The lowest BCUT2D eigenvalue weighted by molar-refractivity contribution is -0.154. The molecule has 0 aromatic heterocycles. The first-order valence-electron chi connectivity index (χ1n) is 10.5. The fourth-order valence-electron chi connectivity index (χ4n) is 3.56. The zero-order valence-electron chi connectivity index (χ0n) is 17.2. The molecule has 0 saturated heterocycles. The summed E-state index contributed by atoms with van der Waals surface area (Å²) in [7, 11) is 0. The number of carbonyl (C=O) groups excluding carboxylic acids is 3. The molecule has 0 radical (unpaired) electrons. The Bertz CT molecular complexity index is 859. The molecule has 6 heteroatoms. The second-order valence-corrected chi connectivity index (χ2v) is 7.60. The largest absolute Gasteiger partial charge is 0.451 e. The van der Waals surface area contributed by atoms with Gasteiger partial charge in [-0.05, 0) is 43.0 Å². The average molecular weight is 408 g/mol. The molecule has 1 saturated carbocycles. The Labute approximate surface area is 177 Å². The SMILES string of the molecule is C[C@H](OC(=O)CNC(=O)c1ccc(-c2ccccc2)cc1)C(=O)NC1CCCCC1. The Hall–Kier alpha value is -3.15. The Balaban J connectivity index is 1.43. The molecule has 2 aromatic rings. The van der Waals surface area contributed by atoms with Crippen molar-refractivity contribution in [3.05, 3.63) is 60.2 Å². The molecule has 0 aliphatic heterocycles. The summed E-state index contributed by atoms with van der Waals surface area (Å²) in [6, 6.07) is 17.2. The minimum absolute atomic E-state index is 0.158. The highest BCUT2D eigenvalue weighted by Gasteiger charge is 2.22. The van der Waals surface area contributed by atoms with Crippen LogP contribution in [0.1, 0.15) is 49.4 Å². The highest BCUT2D eigenvalue weighted by molar-refractivity contribution is 5.96. The van der Waals surface area contributed by atoms with Crippen LogP contribution in [-0.2, 0) is 14.3 Å². The van der Waals surface area contributed by atoms with Crippen LogP contribution in [0.5, 0.6) is 0 Å². The predicted octanol–water partition coefficient (Wildman–Crippen LogP) is 3.46. The summed E-state index contributed by atoms with van der Waals surface area (Å²) >= 11 is 0. The normalized spacial score (nSPS) is 15.1. The van der Waals surface area contributed by atoms with E-state index in [2.05, 4.69) is 10.6 Å². The molecule has 0 unspecified atom stereocenters. The summed E-state index contributed by atoms with van der Waals surface area (Å²) in [5.74, 6) is -1.31. The van der Waals surface area contributed by atoms with Crippen LogP contribution in [0.4, 0.5) is 0 Å². The van der Waals surface area contributed by atoms with Gasteiger partial charge in [0.05, 0.1) is 0 Å². The first kappa shape index (κ1) is 21.6. The summed E-state index contributed by atoms with van der Waals surface area (Å²) in [5.41, 5.74) is 2.52. The van der Waals surface area contributed by atoms with Crippen LogP contribution in [0.2, 0.25) is 0 Å². The number of hydrogen-bond donors (Lipinski definition) is 2. The summed E-state index contributed by atoms with van der Waals surface area (Å²) < 4.78 is 5.15. The molecule has 2 amide bonds. The van der Waals surface area contributed by atoms with Gasteiger partial charge in [-0.2, -0.15) is 0 Å². The Morgan fingerprint density at radius 2 is 1.57 bits per heavy atom. The smallest absolute Gasteiger partial charge is 0.326 e. The van der Waals surface area contributed by atoms with Crippen LogP contribution in [0.3, 0.4) is 0 Å². The molecule has 2 N–H and O–H groups in total. The van der Waals surface area contributed by atoms with E-state index in [0.29, 0.717) is 5.56 Å². The number of hydrogen-bond acceptors (Lipinski definition) is 4. The van der Waals surface area contributed by atoms with E-state index in [1.807, 2.05) is 42.5 Å². The Morgan fingerprint density at radius 3 is 2.23 bits per heavy atom. The third-order valence-electron chi connectivity index (χ3n) is 5.28. The number of carbonyl (C=O) groups is 3. The van der Waals surface area contributed by atoms with Gasteiger partial charge in [0.1, 0.15) is 6.54 Å². The molecule has 1 fully saturated rings. The van der Waals surface area contributed by atoms with Crippen LogP contribution in [0.25, 0.3) is 11.1 Å².